The standard InChI is InChI=1S/C26H32ClF3N4O/c1-18(2)25(9-7-22(14-25)32-15-19-3-5-21(27)6-4-19)23-16-33(17-35)11-12-34(23)24-13-20(8-10-31-24)26(28,29)30/h3-6,8,10,13,17-18,22-23,32H,7,9,11-12,14-16H2,1-2H3/t22-,23?,25+/m1/s1. The summed E-state index contributed by atoms with van der Waals surface area (Å²) in [7, 11) is 0. The smallest absolute Gasteiger partial charge is 0.349 e. The number of carbonyl (C=O) groups excluding carboxylic acids is 1. The van der Waals surface area contributed by atoms with Crippen LogP contribution in [0.2, 0.25) is 5.02 Å². The Morgan fingerprint density at radius 2 is 1.97 bits per heavy atom. The third-order valence-electron chi connectivity index (χ3n) is 7.83. The molecular weight excluding hydrogens is 477 g/mol. The van der Waals surface area contributed by atoms with E-state index in [0.717, 1.165) is 49.9 Å². The van der Waals surface area contributed by atoms with Crippen LogP contribution in [0.4, 0.5) is 19.0 Å². The SMILES string of the molecule is CC(C)[C@]1(C2CN(C=O)CCN2c2cc(C(F)(F)F)ccn2)CC[C@@H](NCc2ccc(Cl)cc2)C1. The van der Waals surface area contributed by atoms with Gasteiger partial charge in [0.2, 0.25) is 6.41 Å². The topological polar surface area (TPSA) is 48.5 Å². The van der Waals surface area contributed by atoms with Crippen molar-refractivity contribution in [3.63, 3.8) is 0 Å². The minimum Gasteiger partial charge on any atom is -0.349 e. The van der Waals surface area contributed by atoms with E-state index in [-0.39, 0.29) is 23.4 Å². The van der Waals surface area contributed by atoms with Crippen molar-refractivity contribution in [2.24, 2.45) is 11.3 Å². The van der Waals surface area contributed by atoms with Crippen LogP contribution in [0.5, 0.6) is 0 Å². The predicted octanol–water partition coefficient (Wildman–Crippen LogP) is 5.39. The molecule has 2 aromatic rings. The number of halogens is 4. The Balaban J connectivity index is 1.59. The van der Waals surface area contributed by atoms with Crippen LogP contribution in [-0.2, 0) is 17.5 Å². The Kier molecular flexibility index (Phi) is 7.62. The van der Waals surface area contributed by atoms with Crippen LogP contribution in [0.1, 0.15) is 44.2 Å². The Labute approximate surface area is 209 Å². The molecule has 9 heteroatoms. The lowest BCUT2D eigenvalue weighted by molar-refractivity contribution is -0.137. The Morgan fingerprint density at radius 1 is 1.23 bits per heavy atom. The lowest BCUT2D eigenvalue weighted by Crippen LogP contribution is -2.61. The number of aromatic nitrogens is 1. The zero-order valence-corrected chi connectivity index (χ0v) is 20.8. The Bertz CT molecular complexity index is 1020. The van der Waals surface area contributed by atoms with Gasteiger partial charge in [0.05, 0.1) is 11.6 Å². The molecule has 2 fully saturated rings. The molecule has 0 radical (unpaired) electrons. The summed E-state index contributed by atoms with van der Waals surface area (Å²) in [6.45, 7) is 6.47. The summed E-state index contributed by atoms with van der Waals surface area (Å²) < 4.78 is 40.3. The molecule has 0 bridgehead atoms. The number of carbonyl (C=O) groups is 1. The van der Waals surface area contributed by atoms with Crippen molar-refractivity contribution in [3.8, 4) is 0 Å². The van der Waals surface area contributed by atoms with E-state index in [1.54, 1.807) is 4.90 Å². The summed E-state index contributed by atoms with van der Waals surface area (Å²) in [6.07, 6.45) is 0.420. The predicted molar refractivity (Wildman–Crippen MR) is 131 cm³/mol. The lowest BCUT2D eigenvalue weighted by atomic mass is 9.68. The van der Waals surface area contributed by atoms with E-state index in [4.69, 9.17) is 11.6 Å². The molecule has 0 spiro atoms. The van der Waals surface area contributed by atoms with Gasteiger partial charge in [0.1, 0.15) is 5.82 Å². The van der Waals surface area contributed by atoms with Crippen molar-refractivity contribution in [3.05, 3.63) is 58.7 Å². The highest BCUT2D eigenvalue weighted by Crippen LogP contribution is 2.50. The van der Waals surface area contributed by atoms with Crippen molar-refractivity contribution in [1.29, 1.82) is 0 Å². The molecule has 1 aromatic carbocycles. The van der Waals surface area contributed by atoms with Gasteiger partial charge in [-0.2, -0.15) is 13.2 Å². The number of nitrogens with zero attached hydrogens (tertiary/aromatic N) is 3. The number of benzene rings is 1. The molecule has 4 rings (SSSR count). The number of piperazine rings is 1. The highest BCUT2D eigenvalue weighted by Gasteiger charge is 2.51. The molecular formula is C26H32ClF3N4O. The summed E-state index contributed by atoms with van der Waals surface area (Å²) in [6, 6.07) is 10.1. The molecule has 1 saturated heterocycles. The first kappa shape index (κ1) is 25.8. The minimum absolute atomic E-state index is 0.125. The summed E-state index contributed by atoms with van der Waals surface area (Å²) >= 11 is 6.00. The Hall–Kier alpha value is -2.32. The highest BCUT2D eigenvalue weighted by molar-refractivity contribution is 6.30. The molecule has 5 nitrogen and oxygen atoms in total. The van der Waals surface area contributed by atoms with Gasteiger partial charge in [-0.05, 0) is 60.4 Å². The van der Waals surface area contributed by atoms with Gasteiger partial charge in [0, 0.05) is 43.4 Å². The molecule has 2 aliphatic rings. The quantitative estimate of drug-likeness (QED) is 0.510. The van der Waals surface area contributed by atoms with Gasteiger partial charge in [-0.3, -0.25) is 4.79 Å². The van der Waals surface area contributed by atoms with Gasteiger partial charge in [0.15, 0.2) is 0 Å². The van der Waals surface area contributed by atoms with Crippen molar-refractivity contribution < 1.29 is 18.0 Å². The molecule has 190 valence electrons. The third kappa shape index (κ3) is 5.59. The van der Waals surface area contributed by atoms with E-state index in [1.807, 2.05) is 29.2 Å². The average Bonchev–Trinajstić information content (AvgIpc) is 3.28. The van der Waals surface area contributed by atoms with Gasteiger partial charge < -0.3 is 15.1 Å². The maximum atomic E-state index is 13.4. The zero-order valence-electron chi connectivity index (χ0n) is 20.1. The molecule has 3 atom stereocenters. The van der Waals surface area contributed by atoms with E-state index in [0.29, 0.717) is 30.5 Å². The van der Waals surface area contributed by atoms with Crippen LogP contribution in [-0.4, -0.2) is 48.0 Å². The number of hydrogen-bond donors (Lipinski definition) is 1. The van der Waals surface area contributed by atoms with Gasteiger partial charge in [-0.15, -0.1) is 0 Å². The third-order valence-corrected chi connectivity index (χ3v) is 8.09. The van der Waals surface area contributed by atoms with Gasteiger partial charge in [0.25, 0.3) is 0 Å². The first-order chi connectivity index (χ1) is 16.6. The monoisotopic (exact) mass is 508 g/mol. The van der Waals surface area contributed by atoms with Crippen LogP contribution in [0.3, 0.4) is 0 Å². The zero-order chi connectivity index (χ0) is 25.2. The molecule has 1 unspecified atom stereocenters. The normalized spacial score (nSPS) is 25.3. The molecule has 1 amide bonds. The second kappa shape index (κ2) is 10.3. The molecule has 1 saturated carbocycles. The van der Waals surface area contributed by atoms with E-state index in [9.17, 15) is 18.0 Å². The van der Waals surface area contributed by atoms with Gasteiger partial charge >= 0.3 is 6.18 Å². The minimum atomic E-state index is -4.43. The van der Waals surface area contributed by atoms with E-state index >= 15 is 0 Å². The maximum Gasteiger partial charge on any atom is 0.416 e. The van der Waals surface area contributed by atoms with E-state index < -0.39 is 11.7 Å². The molecule has 1 aliphatic heterocycles. The van der Waals surface area contributed by atoms with Crippen molar-refractivity contribution >= 4 is 23.8 Å². The van der Waals surface area contributed by atoms with Crippen LogP contribution in [0.25, 0.3) is 0 Å². The summed E-state index contributed by atoms with van der Waals surface area (Å²) in [5.74, 6) is 0.600. The van der Waals surface area contributed by atoms with Crippen LogP contribution in [0.15, 0.2) is 42.6 Å². The number of amides is 1. The highest BCUT2D eigenvalue weighted by atomic mass is 35.5. The average molecular weight is 509 g/mol. The summed E-state index contributed by atoms with van der Waals surface area (Å²) in [4.78, 5) is 19.8. The number of pyridine rings is 1. The molecule has 1 aromatic heterocycles. The van der Waals surface area contributed by atoms with E-state index in [1.165, 1.54) is 6.20 Å². The number of nitrogens with one attached hydrogen (secondary N) is 1. The molecule has 1 aliphatic carbocycles. The fourth-order valence-electron chi connectivity index (χ4n) is 5.77. The second-order valence-corrected chi connectivity index (χ2v) is 10.5. The molecule has 35 heavy (non-hydrogen) atoms. The number of hydrogen-bond acceptors (Lipinski definition) is 4. The molecule has 1 N–H and O–H groups in total. The fraction of sp³-hybridized carbons (Fsp3) is 0.538. The van der Waals surface area contributed by atoms with Crippen molar-refractivity contribution in [2.75, 3.05) is 24.5 Å². The first-order valence-electron chi connectivity index (χ1n) is 12.1. The van der Waals surface area contributed by atoms with E-state index in [2.05, 4.69) is 24.1 Å². The largest absolute Gasteiger partial charge is 0.416 e. The summed E-state index contributed by atoms with van der Waals surface area (Å²) in [5, 5.41) is 4.37. The number of rotatable bonds is 7. The second-order valence-electron chi connectivity index (χ2n) is 10.0. The Morgan fingerprint density at radius 3 is 2.63 bits per heavy atom. The number of anilines is 1. The van der Waals surface area contributed by atoms with Crippen LogP contribution < -0.4 is 10.2 Å². The lowest BCUT2D eigenvalue weighted by Gasteiger charge is -2.51. The van der Waals surface area contributed by atoms with Crippen molar-refractivity contribution in [2.45, 2.75) is 57.9 Å². The van der Waals surface area contributed by atoms with Crippen molar-refractivity contribution in [1.82, 2.24) is 15.2 Å². The first-order valence-corrected chi connectivity index (χ1v) is 12.5. The van der Waals surface area contributed by atoms with Crippen LogP contribution >= 0.6 is 11.6 Å². The van der Waals surface area contributed by atoms with Gasteiger partial charge in [-0.25, -0.2) is 4.98 Å². The summed E-state index contributed by atoms with van der Waals surface area (Å²) in [5.41, 5.74) is 0.276. The van der Waals surface area contributed by atoms with Gasteiger partial charge in [-0.1, -0.05) is 37.6 Å². The number of alkyl halides is 3. The van der Waals surface area contributed by atoms with Crippen LogP contribution in [0, 0.1) is 11.3 Å². The fourth-order valence-corrected chi connectivity index (χ4v) is 5.90. The maximum absolute atomic E-state index is 13.4. The molecule has 2 heterocycles.